The monoisotopic (exact) mass is 373 g/mol. The number of carbonyl (C=O) groups excluding carboxylic acids is 2. The summed E-state index contributed by atoms with van der Waals surface area (Å²) in [4.78, 5) is 27.1. The molecule has 0 spiro atoms. The van der Waals surface area contributed by atoms with Gasteiger partial charge in [-0.25, -0.2) is 0 Å². The van der Waals surface area contributed by atoms with E-state index in [0.29, 0.717) is 26.1 Å². The largest absolute Gasteiger partial charge is 0.395 e. The second-order valence-corrected chi connectivity index (χ2v) is 6.50. The van der Waals surface area contributed by atoms with Gasteiger partial charge in [0.25, 0.3) is 0 Å². The second-order valence-electron chi connectivity index (χ2n) is 6.50. The van der Waals surface area contributed by atoms with Crippen LogP contribution >= 0.6 is 0 Å². The molecule has 1 fully saturated rings. The highest BCUT2D eigenvalue weighted by molar-refractivity contribution is 5.88. The number of aliphatic hydroxyl groups excluding tert-OH is 1. The third kappa shape index (κ3) is 8.93. The van der Waals surface area contributed by atoms with Crippen molar-refractivity contribution in [3.8, 4) is 0 Å². The van der Waals surface area contributed by atoms with Crippen molar-refractivity contribution < 1.29 is 14.7 Å². The average Bonchev–Trinajstić information content (AvgIpc) is 2.64. The minimum atomic E-state index is -0.536. The second kappa shape index (κ2) is 14.9. The average molecular weight is 374 g/mol. The van der Waals surface area contributed by atoms with E-state index in [1.807, 2.05) is 14.1 Å². The fourth-order valence-corrected chi connectivity index (χ4v) is 3.03. The summed E-state index contributed by atoms with van der Waals surface area (Å²) in [5, 5.41) is 21.5. The number of piperidine rings is 1. The molecule has 0 saturated carbocycles. The molecule has 0 bridgehead atoms. The first-order valence-corrected chi connectivity index (χ1v) is 9.34. The van der Waals surface area contributed by atoms with E-state index >= 15 is 0 Å². The maximum Gasteiger partial charge on any atom is 0.245 e. The maximum absolute atomic E-state index is 12.9. The molecule has 1 saturated heterocycles. The van der Waals surface area contributed by atoms with Crippen molar-refractivity contribution in [3.05, 3.63) is 0 Å². The Balaban J connectivity index is 0.00000625. The number of likely N-dealkylation sites (N-methyl/N-ethyl adjacent to an activating group) is 1. The van der Waals surface area contributed by atoms with Crippen LogP contribution in [0, 0.1) is 5.92 Å². The number of nitrogens with zero attached hydrogens (tertiary/aromatic N) is 1. The summed E-state index contributed by atoms with van der Waals surface area (Å²) in [5.74, 6) is -0.234. The van der Waals surface area contributed by atoms with Crippen LogP contribution in [0.15, 0.2) is 0 Å². The molecule has 0 radical (unpaired) electrons. The molecule has 8 nitrogen and oxygen atoms in total. The Bertz CT molecular complexity index is 389. The van der Waals surface area contributed by atoms with Crippen LogP contribution < -0.4 is 21.3 Å². The fraction of sp³-hybridized carbons (Fsp3) is 0.889. The van der Waals surface area contributed by atoms with Crippen LogP contribution in [-0.2, 0) is 9.59 Å². The topological polar surface area (TPSA) is 106 Å². The number of hydrogen-bond acceptors (Lipinski definition) is 6. The van der Waals surface area contributed by atoms with Crippen LogP contribution in [0.5, 0.6) is 0 Å². The molecule has 1 heterocycles. The van der Waals surface area contributed by atoms with Crippen LogP contribution in [0.3, 0.4) is 0 Å². The molecule has 1 aliphatic rings. The molecule has 154 valence electrons. The van der Waals surface area contributed by atoms with Crippen LogP contribution in [0.4, 0.5) is 0 Å². The van der Waals surface area contributed by atoms with Gasteiger partial charge in [-0.3, -0.25) is 9.59 Å². The Morgan fingerprint density at radius 1 is 1.23 bits per heavy atom. The van der Waals surface area contributed by atoms with E-state index in [9.17, 15) is 14.7 Å². The highest BCUT2D eigenvalue weighted by Crippen LogP contribution is 2.11. The fourth-order valence-electron chi connectivity index (χ4n) is 3.03. The van der Waals surface area contributed by atoms with Gasteiger partial charge in [-0.2, -0.15) is 0 Å². The Morgan fingerprint density at radius 3 is 2.54 bits per heavy atom. The molecule has 8 heteroatoms. The Labute approximate surface area is 158 Å². The normalized spacial score (nSPS) is 17.9. The number of carbonyl (C=O) groups is 2. The highest BCUT2D eigenvalue weighted by atomic mass is 16.3. The number of amides is 2. The molecule has 1 aliphatic heterocycles. The molecule has 0 aromatic rings. The van der Waals surface area contributed by atoms with Crippen LogP contribution in [0.25, 0.3) is 0 Å². The first kappa shape index (κ1) is 24.8. The molecule has 26 heavy (non-hydrogen) atoms. The van der Waals surface area contributed by atoms with E-state index in [4.69, 9.17) is 0 Å². The molecule has 2 amide bonds. The van der Waals surface area contributed by atoms with Gasteiger partial charge in [0, 0.05) is 26.2 Å². The van der Waals surface area contributed by atoms with Crippen molar-refractivity contribution >= 4 is 11.8 Å². The summed E-state index contributed by atoms with van der Waals surface area (Å²) in [6.45, 7) is 3.77. The smallest absolute Gasteiger partial charge is 0.245 e. The van der Waals surface area contributed by atoms with Gasteiger partial charge in [-0.15, -0.1) is 0 Å². The van der Waals surface area contributed by atoms with Gasteiger partial charge >= 0.3 is 0 Å². The van der Waals surface area contributed by atoms with Crippen molar-refractivity contribution in [2.45, 2.75) is 39.2 Å². The summed E-state index contributed by atoms with van der Waals surface area (Å²) < 4.78 is 0. The lowest BCUT2D eigenvalue weighted by atomic mass is 9.98. The van der Waals surface area contributed by atoms with E-state index in [-0.39, 0.29) is 38.3 Å². The number of hydrogen-bond donors (Lipinski definition) is 5. The van der Waals surface area contributed by atoms with Gasteiger partial charge in [-0.05, 0) is 52.9 Å². The van der Waals surface area contributed by atoms with Gasteiger partial charge in [0.1, 0.15) is 6.04 Å². The lowest BCUT2D eigenvalue weighted by Crippen LogP contribution is -2.53. The van der Waals surface area contributed by atoms with Crippen molar-refractivity contribution in [1.82, 2.24) is 26.2 Å². The highest BCUT2D eigenvalue weighted by Gasteiger charge is 2.28. The molecule has 1 unspecified atom stereocenters. The van der Waals surface area contributed by atoms with Crippen molar-refractivity contribution in [1.29, 1.82) is 0 Å². The molecule has 5 N–H and O–H groups in total. The molecular formula is C18H39N5O3. The van der Waals surface area contributed by atoms with Crippen LogP contribution in [0.2, 0.25) is 0 Å². The van der Waals surface area contributed by atoms with Gasteiger partial charge in [0.2, 0.25) is 11.8 Å². The van der Waals surface area contributed by atoms with Gasteiger partial charge < -0.3 is 31.3 Å². The summed E-state index contributed by atoms with van der Waals surface area (Å²) >= 11 is 0. The minimum Gasteiger partial charge on any atom is -0.395 e. The molecular weight excluding hydrogens is 334 g/mol. The predicted molar refractivity (Wildman–Crippen MR) is 105 cm³/mol. The lowest BCUT2D eigenvalue weighted by molar-refractivity contribution is -0.138. The summed E-state index contributed by atoms with van der Waals surface area (Å²) in [5.41, 5.74) is 0. The van der Waals surface area contributed by atoms with Crippen LogP contribution in [-0.4, -0.2) is 87.8 Å². The first-order valence-electron chi connectivity index (χ1n) is 9.34. The van der Waals surface area contributed by atoms with Crippen molar-refractivity contribution in [3.63, 3.8) is 0 Å². The van der Waals surface area contributed by atoms with Gasteiger partial charge in [-0.1, -0.05) is 7.43 Å². The lowest BCUT2D eigenvalue weighted by Gasteiger charge is -2.29. The van der Waals surface area contributed by atoms with Gasteiger partial charge in [0.15, 0.2) is 0 Å². The van der Waals surface area contributed by atoms with Crippen molar-refractivity contribution in [2.75, 3.05) is 60.0 Å². The minimum absolute atomic E-state index is 0. The molecule has 0 aromatic carbocycles. The Hall–Kier alpha value is -1.22. The van der Waals surface area contributed by atoms with E-state index in [1.165, 1.54) is 0 Å². The van der Waals surface area contributed by atoms with E-state index in [2.05, 4.69) is 21.3 Å². The Morgan fingerprint density at radius 2 is 1.96 bits per heavy atom. The van der Waals surface area contributed by atoms with Crippen molar-refractivity contribution in [2.24, 2.45) is 5.92 Å². The number of rotatable bonds is 12. The molecule has 1 rings (SSSR count). The SMILES string of the molecule is C.CNCCC[C@H](NC(=O)C1CCCNC1)C(=O)N(CCO)CCNC. The number of aliphatic hydroxyl groups is 1. The third-order valence-electron chi connectivity index (χ3n) is 4.52. The molecule has 0 aromatic heterocycles. The molecule has 2 atom stereocenters. The van der Waals surface area contributed by atoms with E-state index < -0.39 is 6.04 Å². The number of nitrogens with one attached hydrogen (secondary N) is 4. The third-order valence-corrected chi connectivity index (χ3v) is 4.52. The Kier molecular flexibility index (Phi) is 14.2. The zero-order valence-corrected chi connectivity index (χ0v) is 15.6. The van der Waals surface area contributed by atoms with E-state index in [1.54, 1.807) is 4.90 Å². The maximum atomic E-state index is 12.9. The van der Waals surface area contributed by atoms with E-state index in [0.717, 1.165) is 32.4 Å². The zero-order chi connectivity index (χ0) is 18.5. The molecule has 0 aliphatic carbocycles. The quantitative estimate of drug-likeness (QED) is 0.285. The standard InChI is InChI=1S/C17H35N5O3.CH4/c1-18-7-4-6-15(17(25)22(11-12-23)10-9-19-2)21-16(24)14-5-3-8-20-13-14;/h14-15,18-20,23H,3-13H2,1-2H3,(H,21,24);1H4/t14?,15-;/m0./s1. The van der Waals surface area contributed by atoms with Gasteiger partial charge in [0.05, 0.1) is 12.5 Å². The zero-order valence-electron chi connectivity index (χ0n) is 15.6. The summed E-state index contributed by atoms with van der Waals surface area (Å²) in [7, 11) is 3.69. The first-order chi connectivity index (χ1) is 12.1. The summed E-state index contributed by atoms with van der Waals surface area (Å²) in [6.07, 6.45) is 3.23. The summed E-state index contributed by atoms with van der Waals surface area (Å²) in [6, 6.07) is -0.536. The predicted octanol–water partition coefficient (Wildman–Crippen LogP) is -0.853. The van der Waals surface area contributed by atoms with Crippen LogP contribution in [0.1, 0.15) is 33.1 Å².